The number of ether oxygens (including phenoxy) is 1. The van der Waals surface area contributed by atoms with E-state index in [4.69, 9.17) is 21.6 Å². The average Bonchev–Trinajstić information content (AvgIpc) is 2.76. The predicted molar refractivity (Wildman–Crippen MR) is 81.7 cm³/mol. The van der Waals surface area contributed by atoms with Gasteiger partial charge in [0.1, 0.15) is 16.7 Å². The van der Waals surface area contributed by atoms with Crippen molar-refractivity contribution in [2.45, 2.75) is 27.2 Å². The van der Waals surface area contributed by atoms with Crippen molar-refractivity contribution < 1.29 is 4.74 Å². The second-order valence-electron chi connectivity index (χ2n) is 4.60. The number of nitriles is 1. The summed E-state index contributed by atoms with van der Waals surface area (Å²) in [5, 5.41) is 10.6. The molecule has 5 heteroatoms. The van der Waals surface area contributed by atoms with Crippen LogP contribution in [0.1, 0.15) is 26.7 Å². The van der Waals surface area contributed by atoms with Gasteiger partial charge in [0.2, 0.25) is 0 Å². The lowest BCUT2D eigenvalue weighted by molar-refractivity contribution is 0.321. The Morgan fingerprint density at radius 2 is 1.95 bits per heavy atom. The molecule has 0 saturated carbocycles. The van der Waals surface area contributed by atoms with Gasteiger partial charge in [0.15, 0.2) is 0 Å². The Balaban J connectivity index is 1.98. The van der Waals surface area contributed by atoms with Gasteiger partial charge in [0.05, 0.1) is 17.3 Å². The maximum absolute atomic E-state index is 8.90. The first-order chi connectivity index (χ1) is 9.51. The minimum atomic E-state index is 0.540. The molecule has 0 aliphatic rings. The fourth-order valence-corrected chi connectivity index (χ4v) is 2.86. The Morgan fingerprint density at radius 3 is 2.50 bits per heavy atom. The Kier molecular flexibility index (Phi) is 4.64. The van der Waals surface area contributed by atoms with E-state index < -0.39 is 0 Å². The van der Waals surface area contributed by atoms with Gasteiger partial charge in [-0.3, -0.25) is 0 Å². The van der Waals surface area contributed by atoms with Gasteiger partial charge in [0.25, 0.3) is 0 Å². The first-order valence-electron chi connectivity index (χ1n) is 6.27. The van der Waals surface area contributed by atoms with E-state index in [2.05, 4.69) is 11.1 Å². The summed E-state index contributed by atoms with van der Waals surface area (Å²) in [5.41, 5.74) is 2.82. The number of nitrogens with zero attached hydrogens (tertiary/aromatic N) is 2. The molecule has 0 atom stereocenters. The molecular formula is C15H15ClN2OS. The molecule has 1 aromatic carbocycles. The van der Waals surface area contributed by atoms with Crippen LogP contribution < -0.4 is 4.74 Å². The molecule has 0 unspecified atom stereocenters. The second-order valence-corrected chi connectivity index (χ2v) is 6.07. The molecule has 0 bridgehead atoms. The van der Waals surface area contributed by atoms with Crippen LogP contribution in [0.2, 0.25) is 5.02 Å². The van der Waals surface area contributed by atoms with Crippen molar-refractivity contribution >= 4 is 22.9 Å². The van der Waals surface area contributed by atoms with Crippen molar-refractivity contribution in [2.24, 2.45) is 0 Å². The van der Waals surface area contributed by atoms with Crippen LogP contribution in [0.3, 0.4) is 0 Å². The minimum Gasteiger partial charge on any atom is -0.493 e. The molecule has 0 amide bonds. The Morgan fingerprint density at radius 1 is 1.30 bits per heavy atom. The summed E-state index contributed by atoms with van der Waals surface area (Å²) < 4.78 is 5.73. The molecule has 1 heterocycles. The topological polar surface area (TPSA) is 45.9 Å². The fraction of sp³-hybridized carbons (Fsp3) is 0.333. The quantitative estimate of drug-likeness (QED) is 0.849. The number of benzene rings is 1. The summed E-state index contributed by atoms with van der Waals surface area (Å²) in [5.74, 6) is 0.818. The van der Waals surface area contributed by atoms with Gasteiger partial charge in [-0.1, -0.05) is 11.6 Å². The van der Waals surface area contributed by atoms with E-state index in [1.165, 1.54) is 11.3 Å². The smallest absolute Gasteiger partial charge is 0.127 e. The Labute approximate surface area is 127 Å². The predicted octanol–water partition coefficient (Wildman–Crippen LogP) is 4.21. The molecule has 3 nitrogen and oxygen atoms in total. The fourth-order valence-electron chi connectivity index (χ4n) is 1.91. The molecule has 0 spiro atoms. The molecule has 0 aliphatic heterocycles. The van der Waals surface area contributed by atoms with Crippen LogP contribution in [0.15, 0.2) is 12.1 Å². The van der Waals surface area contributed by atoms with Gasteiger partial charge < -0.3 is 4.74 Å². The molecule has 0 saturated heterocycles. The van der Waals surface area contributed by atoms with Crippen molar-refractivity contribution in [3.63, 3.8) is 0 Å². The first-order valence-corrected chi connectivity index (χ1v) is 7.46. The monoisotopic (exact) mass is 306 g/mol. The number of thiazole rings is 1. The standard InChI is InChI=1S/C15H15ClN2OS/c1-9-6-12(7-10(2)15(9)16)19-5-4-14-18-11(3)13(8-17)20-14/h6-7H,4-5H2,1-3H3. The summed E-state index contributed by atoms with van der Waals surface area (Å²) in [6, 6.07) is 6.01. The third-order valence-corrected chi connectivity index (χ3v) is 4.66. The zero-order valence-electron chi connectivity index (χ0n) is 11.7. The number of hydrogen-bond donors (Lipinski definition) is 0. The van der Waals surface area contributed by atoms with Crippen molar-refractivity contribution in [1.29, 1.82) is 5.26 Å². The Hall–Kier alpha value is -1.57. The highest BCUT2D eigenvalue weighted by Gasteiger charge is 2.08. The number of rotatable bonds is 4. The van der Waals surface area contributed by atoms with E-state index in [0.717, 1.165) is 32.6 Å². The van der Waals surface area contributed by atoms with Crippen LogP contribution in [0.5, 0.6) is 5.75 Å². The van der Waals surface area contributed by atoms with Crippen molar-refractivity contribution in [2.75, 3.05) is 6.61 Å². The number of aromatic nitrogens is 1. The molecule has 1 aromatic heterocycles. The van der Waals surface area contributed by atoms with Gasteiger partial charge in [-0.05, 0) is 44.0 Å². The van der Waals surface area contributed by atoms with E-state index in [1.807, 2.05) is 32.9 Å². The first kappa shape index (κ1) is 14.8. The second kappa shape index (κ2) is 6.25. The van der Waals surface area contributed by atoms with Crippen molar-refractivity contribution in [1.82, 2.24) is 4.98 Å². The van der Waals surface area contributed by atoms with Gasteiger partial charge in [0, 0.05) is 11.4 Å². The van der Waals surface area contributed by atoms with E-state index in [-0.39, 0.29) is 0 Å². The van der Waals surface area contributed by atoms with Gasteiger partial charge in [-0.15, -0.1) is 11.3 Å². The molecule has 0 aliphatic carbocycles. The number of aryl methyl sites for hydroxylation is 3. The van der Waals surface area contributed by atoms with Crippen LogP contribution in [-0.4, -0.2) is 11.6 Å². The highest BCUT2D eigenvalue weighted by atomic mass is 35.5. The molecule has 2 aromatic rings. The molecule has 104 valence electrons. The SMILES string of the molecule is Cc1cc(OCCc2nc(C)c(C#N)s2)cc(C)c1Cl. The lowest BCUT2D eigenvalue weighted by Crippen LogP contribution is -2.01. The number of hydrogen-bond acceptors (Lipinski definition) is 4. The van der Waals surface area contributed by atoms with Crippen LogP contribution in [0, 0.1) is 32.1 Å². The lowest BCUT2D eigenvalue weighted by Gasteiger charge is -2.09. The third-order valence-electron chi connectivity index (χ3n) is 2.94. The molecule has 20 heavy (non-hydrogen) atoms. The highest BCUT2D eigenvalue weighted by Crippen LogP contribution is 2.26. The zero-order chi connectivity index (χ0) is 14.7. The molecule has 2 rings (SSSR count). The highest BCUT2D eigenvalue weighted by molar-refractivity contribution is 7.12. The Bertz CT molecular complexity index is 650. The average molecular weight is 307 g/mol. The van der Waals surface area contributed by atoms with Gasteiger partial charge in [-0.2, -0.15) is 5.26 Å². The summed E-state index contributed by atoms with van der Waals surface area (Å²) in [6.07, 6.45) is 0.702. The largest absolute Gasteiger partial charge is 0.493 e. The van der Waals surface area contributed by atoms with E-state index in [9.17, 15) is 0 Å². The molecule has 0 radical (unpaired) electrons. The maximum atomic E-state index is 8.90. The molecule has 0 N–H and O–H groups in total. The van der Waals surface area contributed by atoms with Crippen LogP contribution in [0.25, 0.3) is 0 Å². The van der Waals surface area contributed by atoms with Gasteiger partial charge in [-0.25, -0.2) is 4.98 Å². The van der Waals surface area contributed by atoms with Crippen molar-refractivity contribution in [3.05, 3.63) is 43.9 Å². The minimum absolute atomic E-state index is 0.540. The third kappa shape index (κ3) is 3.30. The van der Waals surface area contributed by atoms with Crippen LogP contribution in [-0.2, 0) is 6.42 Å². The van der Waals surface area contributed by atoms with E-state index in [1.54, 1.807) is 0 Å². The number of halogens is 1. The normalized spacial score (nSPS) is 10.3. The van der Waals surface area contributed by atoms with Crippen LogP contribution in [0.4, 0.5) is 0 Å². The lowest BCUT2D eigenvalue weighted by atomic mass is 10.1. The van der Waals surface area contributed by atoms with Crippen molar-refractivity contribution in [3.8, 4) is 11.8 Å². The zero-order valence-corrected chi connectivity index (χ0v) is 13.2. The summed E-state index contributed by atoms with van der Waals surface area (Å²) in [4.78, 5) is 5.04. The van der Waals surface area contributed by atoms with Gasteiger partial charge >= 0.3 is 0 Å². The summed E-state index contributed by atoms with van der Waals surface area (Å²) in [6.45, 7) is 6.32. The maximum Gasteiger partial charge on any atom is 0.127 e. The molecular weight excluding hydrogens is 292 g/mol. The summed E-state index contributed by atoms with van der Waals surface area (Å²) >= 11 is 7.55. The molecule has 0 fully saturated rings. The van der Waals surface area contributed by atoms with E-state index >= 15 is 0 Å². The summed E-state index contributed by atoms with van der Waals surface area (Å²) in [7, 11) is 0. The van der Waals surface area contributed by atoms with Crippen LogP contribution >= 0.6 is 22.9 Å². The van der Waals surface area contributed by atoms with E-state index in [0.29, 0.717) is 17.9 Å².